The second kappa shape index (κ2) is 13.4. The van der Waals surface area contributed by atoms with Gasteiger partial charge in [-0.25, -0.2) is 0 Å². The number of benzene rings is 2. The first-order chi connectivity index (χ1) is 15.2. The molecule has 32 heavy (non-hydrogen) atoms. The molecule has 0 fully saturated rings. The quantitative estimate of drug-likeness (QED) is 0.674. The predicted molar refractivity (Wildman–Crippen MR) is 143 cm³/mol. The molecule has 0 spiro atoms. The molecule has 5 nitrogen and oxygen atoms in total. The topological polar surface area (TPSA) is 79.7 Å². The summed E-state index contributed by atoms with van der Waals surface area (Å²) < 4.78 is 15.9. The van der Waals surface area contributed by atoms with Gasteiger partial charge in [0.2, 0.25) is 0 Å². The van der Waals surface area contributed by atoms with E-state index in [9.17, 15) is 0 Å². The highest BCUT2D eigenvalue weighted by atomic mass is 32.2. The smallest absolute Gasteiger partial charge is 0.325 e. The SMILES string of the molecule is CB1OC(C)(CN)c2ccccc21.CB1OC(C)(CN)c2ccccc21.COC.CSC. The lowest BCUT2D eigenvalue weighted by Crippen LogP contribution is -2.32. The molecule has 2 aromatic carbocycles. The van der Waals surface area contributed by atoms with Crippen LogP contribution in [0.25, 0.3) is 0 Å². The summed E-state index contributed by atoms with van der Waals surface area (Å²) in [5, 5.41) is 0. The van der Waals surface area contributed by atoms with E-state index in [4.69, 9.17) is 20.8 Å². The molecule has 0 radical (unpaired) electrons. The van der Waals surface area contributed by atoms with Crippen molar-refractivity contribution in [3.05, 3.63) is 59.7 Å². The summed E-state index contributed by atoms with van der Waals surface area (Å²) >= 11 is 1.75. The average molecular weight is 458 g/mol. The molecule has 0 bridgehead atoms. The Bertz CT molecular complexity index is 762. The normalized spacial score (nSPS) is 22.4. The Morgan fingerprint density at radius 2 is 1.06 bits per heavy atom. The van der Waals surface area contributed by atoms with Crippen LogP contribution in [0.4, 0.5) is 0 Å². The molecule has 0 aliphatic carbocycles. The predicted octanol–water partition coefficient (Wildman–Crippen LogP) is 2.68. The Balaban J connectivity index is 0.000000258. The highest BCUT2D eigenvalue weighted by molar-refractivity contribution is 7.97. The van der Waals surface area contributed by atoms with E-state index >= 15 is 0 Å². The Labute approximate surface area is 200 Å². The summed E-state index contributed by atoms with van der Waals surface area (Å²) in [6, 6.07) is 16.6. The number of hydrogen-bond acceptors (Lipinski definition) is 6. The summed E-state index contributed by atoms with van der Waals surface area (Å²) in [7, 11) is 3.25. The van der Waals surface area contributed by atoms with Gasteiger partial charge in [-0.15, -0.1) is 0 Å². The van der Waals surface area contributed by atoms with Crippen LogP contribution in [0.15, 0.2) is 48.5 Å². The van der Waals surface area contributed by atoms with Crippen LogP contribution in [-0.4, -0.2) is 53.7 Å². The zero-order chi connectivity index (χ0) is 24.4. The van der Waals surface area contributed by atoms with Gasteiger partial charge in [-0.3, -0.25) is 0 Å². The molecule has 176 valence electrons. The number of ether oxygens (including phenoxy) is 1. The maximum absolute atomic E-state index is 5.84. The molecular formula is C24H40B2N2O3S. The van der Waals surface area contributed by atoms with Crippen molar-refractivity contribution >= 4 is 36.5 Å². The summed E-state index contributed by atoms with van der Waals surface area (Å²) in [4.78, 5) is 0. The summed E-state index contributed by atoms with van der Waals surface area (Å²) in [5.41, 5.74) is 15.9. The molecule has 8 heteroatoms. The fourth-order valence-corrected chi connectivity index (χ4v) is 4.02. The van der Waals surface area contributed by atoms with Crippen molar-refractivity contribution in [3.8, 4) is 0 Å². The monoisotopic (exact) mass is 458 g/mol. The van der Waals surface area contributed by atoms with Crippen LogP contribution >= 0.6 is 11.8 Å². The number of rotatable bonds is 2. The van der Waals surface area contributed by atoms with Gasteiger partial charge in [0.15, 0.2) is 0 Å². The van der Waals surface area contributed by atoms with Crippen LogP contribution < -0.4 is 22.4 Å². The van der Waals surface area contributed by atoms with Gasteiger partial charge in [-0.1, -0.05) is 62.2 Å². The van der Waals surface area contributed by atoms with Crippen molar-refractivity contribution in [2.45, 2.75) is 38.7 Å². The molecule has 2 atom stereocenters. The largest absolute Gasteiger partial charge is 0.421 e. The van der Waals surface area contributed by atoms with Gasteiger partial charge in [-0.2, -0.15) is 11.8 Å². The molecule has 0 saturated heterocycles. The molecule has 0 aromatic heterocycles. The van der Waals surface area contributed by atoms with E-state index in [1.807, 2.05) is 36.8 Å². The van der Waals surface area contributed by atoms with Crippen LogP contribution in [0.2, 0.25) is 13.6 Å². The van der Waals surface area contributed by atoms with Gasteiger partial charge in [0.25, 0.3) is 0 Å². The van der Waals surface area contributed by atoms with Gasteiger partial charge in [0.05, 0.1) is 11.2 Å². The summed E-state index contributed by atoms with van der Waals surface area (Å²) in [6.07, 6.45) is 4.08. The molecule has 2 aromatic rings. The minimum atomic E-state index is -0.282. The second-order valence-corrected chi connectivity index (χ2v) is 9.20. The fourth-order valence-electron chi connectivity index (χ4n) is 4.02. The lowest BCUT2D eigenvalue weighted by atomic mass is 9.64. The first-order valence-corrected chi connectivity index (χ1v) is 12.6. The number of nitrogens with two attached hydrogens (primary N) is 2. The number of fused-ring (bicyclic) bond motifs is 2. The van der Waals surface area contributed by atoms with Gasteiger partial charge in [-0.05, 0) is 48.4 Å². The molecule has 4 N–H and O–H groups in total. The highest BCUT2D eigenvalue weighted by Gasteiger charge is 2.40. The molecular weight excluding hydrogens is 418 g/mol. The first kappa shape index (κ1) is 28.8. The molecule has 2 heterocycles. The molecule has 0 amide bonds. The van der Waals surface area contributed by atoms with E-state index in [1.165, 1.54) is 22.1 Å². The summed E-state index contributed by atoms with van der Waals surface area (Å²) in [6.45, 7) is 9.65. The van der Waals surface area contributed by atoms with E-state index in [0.29, 0.717) is 13.1 Å². The Morgan fingerprint density at radius 3 is 1.34 bits per heavy atom. The van der Waals surface area contributed by atoms with E-state index in [0.717, 1.165) is 0 Å². The third-order valence-corrected chi connectivity index (χ3v) is 5.59. The minimum absolute atomic E-state index is 0.171. The van der Waals surface area contributed by atoms with Crippen LogP contribution in [0.3, 0.4) is 0 Å². The van der Waals surface area contributed by atoms with E-state index < -0.39 is 0 Å². The molecule has 2 aliphatic rings. The number of thioether (sulfide) groups is 1. The Morgan fingerprint density at radius 1 is 0.781 bits per heavy atom. The van der Waals surface area contributed by atoms with Gasteiger partial charge < -0.3 is 25.5 Å². The van der Waals surface area contributed by atoms with Crippen molar-refractivity contribution in [1.82, 2.24) is 0 Å². The average Bonchev–Trinajstić information content (AvgIpc) is 3.21. The minimum Gasteiger partial charge on any atom is -0.421 e. The number of methoxy groups -OCH3 is 1. The standard InChI is InChI=1S/2C10H14BNO.C2H6O.C2H6S/c2*1-10(7-12)8-5-3-4-6-9(8)11(2)13-10;2*1-3-2/h2*3-6H,7,12H2,1-2H3;2*1-2H3. The molecule has 4 rings (SSSR count). The van der Waals surface area contributed by atoms with Crippen molar-refractivity contribution < 1.29 is 14.0 Å². The lowest BCUT2D eigenvalue weighted by molar-refractivity contribution is 0.111. The Kier molecular flexibility index (Phi) is 12.1. The van der Waals surface area contributed by atoms with E-state index in [2.05, 4.69) is 56.5 Å². The molecule has 0 saturated carbocycles. The van der Waals surface area contributed by atoms with Gasteiger partial charge >= 0.3 is 13.8 Å². The lowest BCUT2D eigenvalue weighted by Gasteiger charge is -2.24. The molecule has 2 aliphatic heterocycles. The van der Waals surface area contributed by atoms with Crippen molar-refractivity contribution in [2.75, 3.05) is 39.8 Å². The van der Waals surface area contributed by atoms with Crippen LogP contribution in [0.5, 0.6) is 0 Å². The van der Waals surface area contributed by atoms with Crippen molar-refractivity contribution in [2.24, 2.45) is 11.5 Å². The maximum Gasteiger partial charge on any atom is 0.325 e. The van der Waals surface area contributed by atoms with Crippen LogP contribution in [-0.2, 0) is 25.2 Å². The highest BCUT2D eigenvalue weighted by Crippen LogP contribution is 2.30. The zero-order valence-corrected chi connectivity index (χ0v) is 21.8. The number of hydrogen-bond donors (Lipinski definition) is 2. The third-order valence-electron chi connectivity index (χ3n) is 5.59. The zero-order valence-electron chi connectivity index (χ0n) is 21.0. The maximum atomic E-state index is 5.84. The van der Waals surface area contributed by atoms with E-state index in [1.54, 1.807) is 26.0 Å². The third kappa shape index (κ3) is 6.86. The van der Waals surface area contributed by atoms with Crippen LogP contribution in [0, 0.1) is 0 Å². The van der Waals surface area contributed by atoms with Crippen molar-refractivity contribution in [3.63, 3.8) is 0 Å². The van der Waals surface area contributed by atoms with Crippen LogP contribution in [0.1, 0.15) is 25.0 Å². The fraction of sp³-hybridized carbons (Fsp3) is 0.500. The van der Waals surface area contributed by atoms with Gasteiger partial charge in [0, 0.05) is 27.3 Å². The van der Waals surface area contributed by atoms with Gasteiger partial charge in [0.1, 0.15) is 0 Å². The van der Waals surface area contributed by atoms with Crippen molar-refractivity contribution in [1.29, 1.82) is 0 Å². The summed E-state index contributed by atoms with van der Waals surface area (Å²) in [5.74, 6) is 0. The first-order valence-electron chi connectivity index (χ1n) is 10.9. The second-order valence-electron chi connectivity index (χ2n) is 8.38. The molecule has 2 unspecified atom stereocenters. The van der Waals surface area contributed by atoms with E-state index in [-0.39, 0.29) is 25.0 Å². The Hall–Kier alpha value is -1.28.